The summed E-state index contributed by atoms with van der Waals surface area (Å²) in [5.41, 5.74) is 1.18. The molecule has 1 fully saturated rings. The molecule has 6 nitrogen and oxygen atoms in total. The Balaban J connectivity index is 1.63. The Morgan fingerprint density at radius 1 is 1.35 bits per heavy atom. The Morgan fingerprint density at radius 2 is 2.26 bits per heavy atom. The molecule has 1 atom stereocenters. The second-order valence-corrected chi connectivity index (χ2v) is 6.10. The molecule has 7 heteroatoms. The zero-order chi connectivity index (χ0) is 15.8. The zero-order valence-corrected chi connectivity index (χ0v) is 13.1. The molecule has 4 rings (SSSR count). The van der Waals surface area contributed by atoms with E-state index in [2.05, 4.69) is 10.3 Å². The van der Waals surface area contributed by atoms with E-state index in [4.69, 9.17) is 16.0 Å². The van der Waals surface area contributed by atoms with Crippen molar-refractivity contribution in [1.82, 2.24) is 19.9 Å². The Bertz CT molecular complexity index is 843. The summed E-state index contributed by atoms with van der Waals surface area (Å²) in [6.07, 6.45) is 7.00. The van der Waals surface area contributed by atoms with Crippen LogP contribution in [-0.4, -0.2) is 38.9 Å². The number of carbonyl (C=O) groups is 1. The van der Waals surface area contributed by atoms with Gasteiger partial charge in [-0.15, -0.1) is 5.10 Å². The van der Waals surface area contributed by atoms with E-state index in [1.54, 1.807) is 30.7 Å². The van der Waals surface area contributed by atoms with E-state index in [0.717, 1.165) is 24.8 Å². The summed E-state index contributed by atoms with van der Waals surface area (Å²) >= 11 is 6.11. The number of furan rings is 1. The van der Waals surface area contributed by atoms with Crippen LogP contribution in [0.2, 0.25) is 5.02 Å². The van der Waals surface area contributed by atoms with Gasteiger partial charge in [0.05, 0.1) is 29.1 Å². The second-order valence-electron chi connectivity index (χ2n) is 5.69. The second kappa shape index (κ2) is 5.70. The van der Waals surface area contributed by atoms with Crippen LogP contribution in [0.1, 0.15) is 29.2 Å². The molecule has 0 bridgehead atoms. The zero-order valence-electron chi connectivity index (χ0n) is 12.4. The van der Waals surface area contributed by atoms with Crippen molar-refractivity contribution in [2.45, 2.75) is 18.9 Å². The topological polar surface area (TPSA) is 64.2 Å². The van der Waals surface area contributed by atoms with Crippen molar-refractivity contribution in [3.8, 4) is 0 Å². The predicted octanol–water partition coefficient (Wildman–Crippen LogP) is 3.16. The van der Waals surface area contributed by atoms with E-state index >= 15 is 0 Å². The molecule has 23 heavy (non-hydrogen) atoms. The summed E-state index contributed by atoms with van der Waals surface area (Å²) in [5, 5.41) is 9.18. The van der Waals surface area contributed by atoms with Crippen LogP contribution >= 0.6 is 11.6 Å². The Hall–Kier alpha value is -2.34. The lowest BCUT2D eigenvalue weighted by Gasteiger charge is -2.32. The van der Waals surface area contributed by atoms with E-state index in [1.807, 2.05) is 15.8 Å². The van der Waals surface area contributed by atoms with Gasteiger partial charge < -0.3 is 9.32 Å². The largest absolute Gasteiger partial charge is 0.463 e. The van der Waals surface area contributed by atoms with Crippen molar-refractivity contribution in [2.24, 2.45) is 0 Å². The lowest BCUT2D eigenvalue weighted by atomic mass is 10.0. The van der Waals surface area contributed by atoms with Crippen molar-refractivity contribution in [3.05, 3.63) is 47.4 Å². The summed E-state index contributed by atoms with van der Waals surface area (Å²) in [7, 11) is 0. The molecule has 1 amide bonds. The van der Waals surface area contributed by atoms with Crippen molar-refractivity contribution in [1.29, 1.82) is 0 Å². The molecular weight excluding hydrogens is 316 g/mol. The molecule has 0 aliphatic carbocycles. The lowest BCUT2D eigenvalue weighted by molar-refractivity contribution is 0.0674. The monoisotopic (exact) mass is 330 g/mol. The minimum atomic E-state index is -0.00196. The van der Waals surface area contributed by atoms with Crippen LogP contribution in [-0.2, 0) is 0 Å². The van der Waals surface area contributed by atoms with E-state index in [-0.39, 0.29) is 11.9 Å². The molecule has 1 saturated heterocycles. The highest BCUT2D eigenvalue weighted by atomic mass is 35.5. The quantitative estimate of drug-likeness (QED) is 0.724. The van der Waals surface area contributed by atoms with E-state index in [9.17, 15) is 4.79 Å². The SMILES string of the molecule is O=C(c1ccc(Cl)c2occc12)N1CCCC(n2ccnn2)C1. The standard InChI is InChI=1S/C16H15ClN4O2/c17-14-4-3-13(12-5-9-23-15(12)14)16(22)20-7-1-2-11(10-20)21-8-6-18-19-21/h3-6,8-9,11H,1-2,7,10H2. The first-order valence-electron chi connectivity index (χ1n) is 7.55. The average Bonchev–Trinajstić information content (AvgIpc) is 3.27. The van der Waals surface area contributed by atoms with Crippen LogP contribution < -0.4 is 0 Å². The number of amides is 1. The fraction of sp³-hybridized carbons (Fsp3) is 0.312. The van der Waals surface area contributed by atoms with Crippen LogP contribution in [0.15, 0.2) is 41.3 Å². The van der Waals surface area contributed by atoms with Gasteiger partial charge in [0.1, 0.15) is 0 Å². The number of halogens is 1. The van der Waals surface area contributed by atoms with Gasteiger partial charge in [-0.05, 0) is 31.0 Å². The minimum absolute atomic E-state index is 0.00196. The normalized spacial score (nSPS) is 18.5. The molecule has 0 radical (unpaired) electrons. The number of likely N-dealkylation sites (tertiary alicyclic amines) is 1. The van der Waals surface area contributed by atoms with Gasteiger partial charge in [-0.3, -0.25) is 4.79 Å². The van der Waals surface area contributed by atoms with Gasteiger partial charge in [-0.25, -0.2) is 4.68 Å². The first-order valence-corrected chi connectivity index (χ1v) is 7.92. The van der Waals surface area contributed by atoms with Gasteiger partial charge in [0, 0.05) is 24.7 Å². The van der Waals surface area contributed by atoms with Gasteiger partial charge in [0.2, 0.25) is 0 Å². The van der Waals surface area contributed by atoms with Gasteiger partial charge >= 0.3 is 0 Å². The fourth-order valence-electron chi connectivity index (χ4n) is 3.15. The predicted molar refractivity (Wildman–Crippen MR) is 85.4 cm³/mol. The molecule has 1 aliphatic heterocycles. The van der Waals surface area contributed by atoms with E-state index < -0.39 is 0 Å². The summed E-state index contributed by atoms with van der Waals surface area (Å²) in [6.45, 7) is 1.37. The minimum Gasteiger partial charge on any atom is -0.463 e. The highest BCUT2D eigenvalue weighted by molar-refractivity contribution is 6.35. The van der Waals surface area contributed by atoms with E-state index in [0.29, 0.717) is 22.7 Å². The number of benzene rings is 1. The molecule has 118 valence electrons. The molecule has 3 aromatic rings. The highest BCUT2D eigenvalue weighted by Crippen LogP contribution is 2.29. The van der Waals surface area contributed by atoms with Crippen LogP contribution in [0.5, 0.6) is 0 Å². The molecule has 0 spiro atoms. The number of hydrogen-bond donors (Lipinski definition) is 0. The number of nitrogens with zero attached hydrogens (tertiary/aromatic N) is 4. The molecule has 2 aromatic heterocycles. The number of fused-ring (bicyclic) bond motifs is 1. The highest BCUT2D eigenvalue weighted by Gasteiger charge is 2.27. The lowest BCUT2D eigenvalue weighted by Crippen LogP contribution is -2.40. The number of carbonyl (C=O) groups excluding carboxylic acids is 1. The maximum atomic E-state index is 12.9. The molecule has 1 unspecified atom stereocenters. The number of rotatable bonds is 2. The van der Waals surface area contributed by atoms with Crippen molar-refractivity contribution >= 4 is 28.5 Å². The molecule has 0 saturated carbocycles. The Kier molecular flexibility index (Phi) is 3.53. The Morgan fingerprint density at radius 3 is 3.09 bits per heavy atom. The molecule has 1 aromatic carbocycles. The fourth-order valence-corrected chi connectivity index (χ4v) is 3.36. The molecule has 3 heterocycles. The van der Waals surface area contributed by atoms with Gasteiger partial charge in [0.15, 0.2) is 5.58 Å². The van der Waals surface area contributed by atoms with Gasteiger partial charge in [-0.2, -0.15) is 0 Å². The van der Waals surface area contributed by atoms with Crippen LogP contribution in [0.4, 0.5) is 0 Å². The van der Waals surface area contributed by atoms with Crippen LogP contribution in [0.3, 0.4) is 0 Å². The first-order chi connectivity index (χ1) is 11.2. The number of hydrogen-bond acceptors (Lipinski definition) is 4. The molecule has 0 N–H and O–H groups in total. The number of aromatic nitrogens is 3. The Labute approximate surface area is 137 Å². The first kappa shape index (κ1) is 14.3. The third-order valence-corrected chi connectivity index (χ3v) is 4.60. The van der Waals surface area contributed by atoms with Crippen LogP contribution in [0.25, 0.3) is 11.0 Å². The van der Waals surface area contributed by atoms with Gasteiger partial charge in [0.25, 0.3) is 5.91 Å². The van der Waals surface area contributed by atoms with Crippen molar-refractivity contribution in [2.75, 3.05) is 13.1 Å². The smallest absolute Gasteiger partial charge is 0.254 e. The summed E-state index contributed by atoms with van der Waals surface area (Å²) < 4.78 is 7.21. The molecule has 1 aliphatic rings. The number of piperidine rings is 1. The third-order valence-electron chi connectivity index (χ3n) is 4.30. The maximum Gasteiger partial charge on any atom is 0.254 e. The third kappa shape index (κ3) is 2.49. The maximum absolute atomic E-state index is 12.9. The van der Waals surface area contributed by atoms with Gasteiger partial charge in [-0.1, -0.05) is 16.8 Å². The summed E-state index contributed by atoms with van der Waals surface area (Å²) in [4.78, 5) is 14.8. The van der Waals surface area contributed by atoms with Crippen molar-refractivity contribution in [3.63, 3.8) is 0 Å². The molecular formula is C16H15ClN4O2. The average molecular weight is 331 g/mol. The van der Waals surface area contributed by atoms with Crippen LogP contribution in [0, 0.1) is 0 Å². The summed E-state index contributed by atoms with van der Waals surface area (Å²) in [6, 6.07) is 5.43. The van der Waals surface area contributed by atoms with Crippen molar-refractivity contribution < 1.29 is 9.21 Å². The van der Waals surface area contributed by atoms with E-state index in [1.165, 1.54) is 0 Å². The summed E-state index contributed by atoms with van der Waals surface area (Å²) in [5.74, 6) is -0.00196.